The zero-order chi connectivity index (χ0) is 24.3. The SMILES string of the molecule is Cc1nc(-c2cnc(Nc3ccc(S(C)(=O)=O)c(Cl)c3)nc2N[C@H](CO)c2ccccc2)no1. The number of hydrogen-bond donors (Lipinski definition) is 3. The number of aliphatic hydroxyl groups excluding tert-OH is 1. The molecule has 12 heteroatoms. The van der Waals surface area contributed by atoms with Gasteiger partial charge >= 0.3 is 0 Å². The molecule has 3 N–H and O–H groups in total. The van der Waals surface area contributed by atoms with E-state index in [1.54, 1.807) is 13.0 Å². The number of aromatic nitrogens is 4. The van der Waals surface area contributed by atoms with Gasteiger partial charge in [-0.1, -0.05) is 47.1 Å². The number of halogens is 1. The van der Waals surface area contributed by atoms with Crippen LogP contribution in [-0.2, 0) is 9.84 Å². The van der Waals surface area contributed by atoms with Crippen LogP contribution in [-0.4, -0.2) is 46.5 Å². The van der Waals surface area contributed by atoms with Crippen molar-refractivity contribution in [3.05, 3.63) is 71.2 Å². The van der Waals surface area contributed by atoms with Crippen molar-refractivity contribution in [1.82, 2.24) is 20.1 Å². The largest absolute Gasteiger partial charge is 0.394 e. The highest BCUT2D eigenvalue weighted by Crippen LogP contribution is 2.30. The van der Waals surface area contributed by atoms with Gasteiger partial charge in [0, 0.05) is 25.1 Å². The van der Waals surface area contributed by atoms with Crippen molar-refractivity contribution >= 4 is 38.9 Å². The Bertz CT molecular complexity index is 1410. The first-order valence-corrected chi connectivity index (χ1v) is 12.4. The maximum absolute atomic E-state index is 11.8. The first-order valence-electron chi connectivity index (χ1n) is 10.1. The molecule has 0 saturated heterocycles. The van der Waals surface area contributed by atoms with Crippen LogP contribution in [0.3, 0.4) is 0 Å². The molecule has 0 fully saturated rings. The third-order valence-electron chi connectivity index (χ3n) is 4.84. The van der Waals surface area contributed by atoms with Gasteiger partial charge < -0.3 is 20.3 Å². The number of sulfone groups is 1. The Kier molecular flexibility index (Phi) is 6.77. The molecule has 0 bridgehead atoms. The van der Waals surface area contributed by atoms with Crippen LogP contribution in [0, 0.1) is 6.92 Å². The van der Waals surface area contributed by atoms with Crippen LogP contribution in [0.25, 0.3) is 11.4 Å². The number of nitrogens with one attached hydrogen (secondary N) is 2. The molecule has 0 amide bonds. The first-order chi connectivity index (χ1) is 16.2. The molecule has 0 unspecified atom stereocenters. The summed E-state index contributed by atoms with van der Waals surface area (Å²) in [6, 6.07) is 13.4. The second-order valence-corrected chi connectivity index (χ2v) is 9.82. The molecule has 1 atom stereocenters. The van der Waals surface area contributed by atoms with Gasteiger partial charge in [0.2, 0.25) is 17.7 Å². The van der Waals surface area contributed by atoms with Crippen LogP contribution in [0.5, 0.6) is 0 Å². The third kappa shape index (κ3) is 5.33. The minimum absolute atomic E-state index is 0.0273. The lowest BCUT2D eigenvalue weighted by Gasteiger charge is -2.19. The molecule has 0 aliphatic heterocycles. The van der Waals surface area contributed by atoms with Crippen LogP contribution in [0.2, 0.25) is 5.02 Å². The average Bonchev–Trinajstić information content (AvgIpc) is 3.23. The fourth-order valence-corrected chi connectivity index (χ4v) is 4.55. The molecule has 0 spiro atoms. The molecule has 0 radical (unpaired) electrons. The van der Waals surface area contributed by atoms with Gasteiger partial charge in [-0.25, -0.2) is 13.4 Å². The third-order valence-corrected chi connectivity index (χ3v) is 6.42. The lowest BCUT2D eigenvalue weighted by atomic mass is 10.1. The number of aliphatic hydroxyl groups is 1. The van der Waals surface area contributed by atoms with Gasteiger partial charge in [-0.2, -0.15) is 9.97 Å². The van der Waals surface area contributed by atoms with E-state index in [2.05, 4.69) is 30.7 Å². The summed E-state index contributed by atoms with van der Waals surface area (Å²) in [7, 11) is -3.45. The number of nitrogens with zero attached hydrogens (tertiary/aromatic N) is 4. The lowest BCUT2D eigenvalue weighted by Crippen LogP contribution is -2.17. The minimum atomic E-state index is -3.45. The fourth-order valence-electron chi connectivity index (χ4n) is 3.22. The number of rotatable bonds is 8. The fraction of sp³-hybridized carbons (Fsp3) is 0.182. The molecule has 0 aliphatic rings. The summed E-state index contributed by atoms with van der Waals surface area (Å²) in [6.07, 6.45) is 2.61. The van der Waals surface area contributed by atoms with Crippen LogP contribution < -0.4 is 10.6 Å². The van der Waals surface area contributed by atoms with Crippen molar-refractivity contribution in [3.63, 3.8) is 0 Å². The molecule has 2 aromatic heterocycles. The highest BCUT2D eigenvalue weighted by atomic mass is 35.5. The number of hydrogen-bond acceptors (Lipinski definition) is 10. The van der Waals surface area contributed by atoms with Gasteiger partial charge in [-0.15, -0.1) is 0 Å². The van der Waals surface area contributed by atoms with E-state index >= 15 is 0 Å². The van der Waals surface area contributed by atoms with Crippen molar-refractivity contribution in [2.24, 2.45) is 0 Å². The zero-order valence-corrected chi connectivity index (χ0v) is 19.8. The van der Waals surface area contributed by atoms with Crippen molar-refractivity contribution < 1.29 is 18.0 Å². The van der Waals surface area contributed by atoms with E-state index < -0.39 is 15.9 Å². The van der Waals surface area contributed by atoms with E-state index in [9.17, 15) is 13.5 Å². The predicted molar refractivity (Wildman–Crippen MR) is 128 cm³/mol. The topological polar surface area (TPSA) is 143 Å². The molecular formula is C22H21ClN6O4S. The zero-order valence-electron chi connectivity index (χ0n) is 18.2. The van der Waals surface area contributed by atoms with E-state index in [1.165, 1.54) is 18.3 Å². The molecule has 2 aromatic carbocycles. The quantitative estimate of drug-likeness (QED) is 0.327. The maximum Gasteiger partial charge on any atom is 0.229 e. The standard InChI is InChI=1S/C22H21ClN6O4S/c1-13-25-21(29-33-13)16-11-24-22(26-15-8-9-19(17(23)10-15)34(2,31)32)28-20(16)27-18(12-30)14-6-4-3-5-7-14/h3-11,18,30H,12H2,1-2H3,(H2,24,26,27,28)/t18-/m1/s1. The Labute approximate surface area is 201 Å². The molecule has 34 heavy (non-hydrogen) atoms. The number of aryl methyl sites for hydroxylation is 1. The minimum Gasteiger partial charge on any atom is -0.394 e. The highest BCUT2D eigenvalue weighted by Gasteiger charge is 2.19. The predicted octanol–water partition coefficient (Wildman–Crippen LogP) is 3.78. The van der Waals surface area contributed by atoms with Crippen molar-refractivity contribution in [1.29, 1.82) is 0 Å². The highest BCUT2D eigenvalue weighted by molar-refractivity contribution is 7.90. The number of anilines is 3. The van der Waals surface area contributed by atoms with Gasteiger partial charge in [0.05, 0.1) is 28.1 Å². The molecule has 176 valence electrons. The molecule has 4 aromatic rings. The Morgan fingerprint density at radius 1 is 1.15 bits per heavy atom. The molecule has 4 rings (SSSR count). The summed E-state index contributed by atoms with van der Waals surface area (Å²) >= 11 is 6.15. The van der Waals surface area contributed by atoms with Crippen LogP contribution in [0.15, 0.2) is 64.1 Å². The van der Waals surface area contributed by atoms with Crippen LogP contribution in [0.4, 0.5) is 17.5 Å². The normalized spacial score (nSPS) is 12.4. The Balaban J connectivity index is 1.69. The van der Waals surface area contributed by atoms with Crippen LogP contribution in [0.1, 0.15) is 17.5 Å². The van der Waals surface area contributed by atoms with Gasteiger partial charge in [-0.05, 0) is 23.8 Å². The van der Waals surface area contributed by atoms with E-state index in [0.29, 0.717) is 23.0 Å². The Morgan fingerprint density at radius 2 is 1.91 bits per heavy atom. The molecule has 10 nitrogen and oxygen atoms in total. The monoisotopic (exact) mass is 500 g/mol. The molecule has 0 saturated carbocycles. The average molecular weight is 501 g/mol. The first kappa shape index (κ1) is 23.6. The van der Waals surface area contributed by atoms with E-state index in [4.69, 9.17) is 16.1 Å². The molecule has 2 heterocycles. The van der Waals surface area contributed by atoms with Crippen LogP contribution >= 0.6 is 11.6 Å². The Hall–Kier alpha value is -3.54. The van der Waals surface area contributed by atoms with Crippen molar-refractivity contribution in [2.75, 3.05) is 23.5 Å². The second kappa shape index (κ2) is 9.75. The summed E-state index contributed by atoms with van der Waals surface area (Å²) < 4.78 is 28.7. The lowest BCUT2D eigenvalue weighted by molar-refractivity contribution is 0.276. The van der Waals surface area contributed by atoms with E-state index in [1.807, 2.05) is 30.3 Å². The molecular weight excluding hydrogens is 480 g/mol. The summed E-state index contributed by atoms with van der Waals surface area (Å²) in [6.45, 7) is 1.48. The summed E-state index contributed by atoms with van der Waals surface area (Å²) in [5.74, 6) is 1.24. The van der Waals surface area contributed by atoms with E-state index in [0.717, 1.165) is 11.8 Å². The Morgan fingerprint density at radius 3 is 2.53 bits per heavy atom. The summed E-state index contributed by atoms with van der Waals surface area (Å²) in [5.41, 5.74) is 1.83. The van der Waals surface area contributed by atoms with Crippen molar-refractivity contribution in [2.45, 2.75) is 17.9 Å². The maximum atomic E-state index is 11.8. The smallest absolute Gasteiger partial charge is 0.229 e. The summed E-state index contributed by atoms with van der Waals surface area (Å²) in [4.78, 5) is 13.1. The number of benzene rings is 2. The van der Waals surface area contributed by atoms with Gasteiger partial charge in [0.15, 0.2) is 9.84 Å². The molecule has 0 aliphatic carbocycles. The summed E-state index contributed by atoms with van der Waals surface area (Å²) in [5, 5.41) is 20.3. The van der Waals surface area contributed by atoms with E-state index in [-0.39, 0.29) is 28.3 Å². The van der Waals surface area contributed by atoms with Gasteiger partial charge in [0.1, 0.15) is 5.82 Å². The van der Waals surface area contributed by atoms with Gasteiger partial charge in [0.25, 0.3) is 0 Å². The second-order valence-electron chi connectivity index (χ2n) is 7.43. The van der Waals surface area contributed by atoms with Crippen molar-refractivity contribution in [3.8, 4) is 11.4 Å². The van der Waals surface area contributed by atoms with Gasteiger partial charge in [-0.3, -0.25) is 0 Å².